The van der Waals surface area contributed by atoms with Crippen LogP contribution in [0.2, 0.25) is 0 Å². The second kappa shape index (κ2) is 7.61. The van der Waals surface area contributed by atoms with Gasteiger partial charge in [-0.05, 0) is 54.6 Å². The number of nitrogens with zero attached hydrogens (tertiary/aromatic N) is 5. The first kappa shape index (κ1) is 18.3. The summed E-state index contributed by atoms with van der Waals surface area (Å²) in [6.07, 6.45) is 5.29. The molecule has 7 heteroatoms. The van der Waals surface area contributed by atoms with Gasteiger partial charge in [0.15, 0.2) is 11.6 Å². The summed E-state index contributed by atoms with van der Waals surface area (Å²) in [6.45, 7) is 0. The van der Waals surface area contributed by atoms with E-state index in [4.69, 9.17) is 0 Å². The molecule has 1 N–H and O–H groups in total. The average Bonchev–Trinajstić information content (AvgIpc) is 3.49. The van der Waals surface area contributed by atoms with Gasteiger partial charge in [-0.15, -0.1) is 0 Å². The molecule has 0 unspecified atom stereocenters. The normalized spacial score (nSPS) is 10.7. The number of carbonyl (C=O) groups is 1. The maximum atomic E-state index is 12.9. The van der Waals surface area contributed by atoms with E-state index in [-0.39, 0.29) is 17.3 Å². The predicted octanol–water partition coefficient (Wildman–Crippen LogP) is 4.34. The quantitative estimate of drug-likeness (QED) is 0.483. The smallest absolute Gasteiger partial charge is 0.256 e. The van der Waals surface area contributed by atoms with Crippen LogP contribution < -0.4 is 5.32 Å². The maximum absolute atomic E-state index is 12.9. The first-order chi connectivity index (χ1) is 15.2. The van der Waals surface area contributed by atoms with Crippen molar-refractivity contribution < 1.29 is 4.79 Å². The van der Waals surface area contributed by atoms with Crippen LogP contribution in [0, 0.1) is 11.3 Å². The summed E-state index contributed by atoms with van der Waals surface area (Å²) >= 11 is 0. The van der Waals surface area contributed by atoms with E-state index in [1.165, 1.54) is 10.9 Å². The molecule has 0 saturated carbocycles. The van der Waals surface area contributed by atoms with Gasteiger partial charge in [-0.2, -0.15) is 15.0 Å². The van der Waals surface area contributed by atoms with Crippen molar-refractivity contribution in [2.75, 3.05) is 5.32 Å². The van der Waals surface area contributed by atoms with E-state index >= 15 is 0 Å². The Kier molecular flexibility index (Phi) is 4.50. The average molecular weight is 404 g/mol. The Morgan fingerprint density at radius 1 is 0.935 bits per heavy atom. The predicted molar refractivity (Wildman–Crippen MR) is 117 cm³/mol. The summed E-state index contributed by atoms with van der Waals surface area (Å²) in [5, 5.41) is 17.6. The van der Waals surface area contributed by atoms with Crippen LogP contribution >= 0.6 is 0 Å². The largest absolute Gasteiger partial charge is 0.324 e. The number of hydrogen-bond donors (Lipinski definition) is 1. The molecule has 0 bridgehead atoms. The Hall–Kier alpha value is -4.70. The van der Waals surface area contributed by atoms with Crippen molar-refractivity contribution in [3.63, 3.8) is 0 Å². The molecule has 0 radical (unpaired) electrons. The molecule has 5 rings (SSSR count). The molecule has 0 atom stereocenters. The third-order valence-corrected chi connectivity index (χ3v) is 4.95. The summed E-state index contributed by atoms with van der Waals surface area (Å²) in [7, 11) is 0. The van der Waals surface area contributed by atoms with Gasteiger partial charge in [0.25, 0.3) is 5.91 Å². The zero-order valence-electron chi connectivity index (χ0n) is 16.3. The lowest BCUT2D eigenvalue weighted by atomic mass is 10.2. The zero-order chi connectivity index (χ0) is 21.2. The molecule has 0 aliphatic heterocycles. The molecular formula is C24H16N6O. The van der Waals surface area contributed by atoms with Gasteiger partial charge < -0.3 is 9.88 Å². The van der Waals surface area contributed by atoms with Gasteiger partial charge in [0.1, 0.15) is 11.6 Å². The highest BCUT2D eigenvalue weighted by molar-refractivity contribution is 6.04. The second-order valence-electron chi connectivity index (χ2n) is 6.88. The maximum Gasteiger partial charge on any atom is 0.256 e. The SMILES string of the molecule is N#Cc1cnn(-c2ccc3ccccc3n2)c1NC(=O)c1ccc(-n2cccc2)cc1. The van der Waals surface area contributed by atoms with Crippen molar-refractivity contribution in [1.29, 1.82) is 5.26 Å². The van der Waals surface area contributed by atoms with Gasteiger partial charge in [0.05, 0.1) is 11.7 Å². The van der Waals surface area contributed by atoms with Crippen molar-refractivity contribution in [2.24, 2.45) is 0 Å². The van der Waals surface area contributed by atoms with Crippen molar-refractivity contribution in [2.45, 2.75) is 0 Å². The first-order valence-electron chi connectivity index (χ1n) is 9.62. The van der Waals surface area contributed by atoms with Crippen LogP contribution in [0.5, 0.6) is 0 Å². The lowest BCUT2D eigenvalue weighted by Gasteiger charge is -2.10. The molecule has 0 fully saturated rings. The van der Waals surface area contributed by atoms with Gasteiger partial charge in [-0.1, -0.05) is 18.2 Å². The fraction of sp³-hybridized carbons (Fsp3) is 0. The van der Waals surface area contributed by atoms with Gasteiger partial charge in [-0.3, -0.25) is 4.79 Å². The van der Waals surface area contributed by atoms with Crippen molar-refractivity contribution in [3.05, 3.63) is 103 Å². The molecule has 148 valence electrons. The van der Waals surface area contributed by atoms with Gasteiger partial charge in [-0.25, -0.2) is 4.98 Å². The second-order valence-corrected chi connectivity index (χ2v) is 6.88. The fourth-order valence-corrected chi connectivity index (χ4v) is 3.37. The molecule has 0 aliphatic carbocycles. The number of pyridine rings is 1. The van der Waals surface area contributed by atoms with Crippen molar-refractivity contribution >= 4 is 22.6 Å². The number of anilines is 1. The van der Waals surface area contributed by atoms with E-state index in [0.29, 0.717) is 11.4 Å². The lowest BCUT2D eigenvalue weighted by molar-refractivity contribution is 0.102. The van der Waals surface area contributed by atoms with Gasteiger partial charge in [0, 0.05) is 29.0 Å². The van der Waals surface area contributed by atoms with Gasteiger partial charge in [0.2, 0.25) is 0 Å². The standard InChI is InChI=1S/C24H16N6O/c25-15-19-16-26-30(22-12-9-17-5-1-2-6-21(17)27-22)23(19)28-24(31)18-7-10-20(11-8-18)29-13-3-4-14-29/h1-14,16H,(H,28,31). The van der Waals surface area contributed by atoms with Crippen LogP contribution in [0.3, 0.4) is 0 Å². The number of carbonyl (C=O) groups excluding carboxylic acids is 1. The Bertz CT molecular complexity index is 1430. The Morgan fingerprint density at radius 2 is 1.71 bits per heavy atom. The molecule has 3 aromatic heterocycles. The van der Waals surface area contributed by atoms with Gasteiger partial charge >= 0.3 is 0 Å². The van der Waals surface area contributed by atoms with E-state index < -0.39 is 0 Å². The molecule has 7 nitrogen and oxygen atoms in total. The molecule has 2 aromatic carbocycles. The lowest BCUT2D eigenvalue weighted by Crippen LogP contribution is -2.16. The third kappa shape index (κ3) is 3.43. The van der Waals surface area contributed by atoms with Crippen LogP contribution in [0.15, 0.2) is 91.4 Å². The highest BCUT2D eigenvalue weighted by Crippen LogP contribution is 2.22. The van der Waals surface area contributed by atoms with Crippen LogP contribution in [-0.2, 0) is 0 Å². The summed E-state index contributed by atoms with van der Waals surface area (Å²) < 4.78 is 3.42. The Morgan fingerprint density at radius 3 is 2.48 bits per heavy atom. The van der Waals surface area contributed by atoms with Crippen LogP contribution in [-0.4, -0.2) is 25.2 Å². The number of amides is 1. The highest BCUT2D eigenvalue weighted by Gasteiger charge is 2.17. The minimum absolute atomic E-state index is 0.257. The van der Waals surface area contributed by atoms with Crippen LogP contribution in [0.1, 0.15) is 15.9 Å². The Labute approximate surface area is 177 Å². The molecule has 3 heterocycles. The van der Waals surface area contributed by atoms with E-state index in [9.17, 15) is 10.1 Å². The van der Waals surface area contributed by atoms with E-state index in [1.54, 1.807) is 18.2 Å². The summed E-state index contributed by atoms with van der Waals surface area (Å²) in [5.41, 5.74) is 2.47. The van der Waals surface area contributed by atoms with Crippen molar-refractivity contribution in [3.8, 4) is 17.6 Å². The van der Waals surface area contributed by atoms with Crippen LogP contribution in [0.4, 0.5) is 5.82 Å². The monoisotopic (exact) mass is 404 g/mol. The first-order valence-corrected chi connectivity index (χ1v) is 9.62. The summed E-state index contributed by atoms with van der Waals surface area (Å²) in [4.78, 5) is 17.5. The number of nitrogens with one attached hydrogen (secondary N) is 1. The number of rotatable bonds is 4. The van der Waals surface area contributed by atoms with E-state index in [1.807, 2.05) is 71.6 Å². The molecule has 0 spiro atoms. The van der Waals surface area contributed by atoms with E-state index in [2.05, 4.69) is 21.5 Å². The number of hydrogen-bond acceptors (Lipinski definition) is 4. The molecule has 1 amide bonds. The fourth-order valence-electron chi connectivity index (χ4n) is 3.37. The van der Waals surface area contributed by atoms with Crippen LogP contribution in [0.25, 0.3) is 22.4 Å². The number of para-hydroxylation sites is 1. The summed E-state index contributed by atoms with van der Waals surface area (Å²) in [5.74, 6) is 0.460. The van der Waals surface area contributed by atoms with E-state index in [0.717, 1.165) is 16.6 Å². The summed E-state index contributed by atoms with van der Waals surface area (Å²) in [6, 6.07) is 24.6. The molecule has 31 heavy (non-hydrogen) atoms. The Balaban J connectivity index is 1.46. The number of aromatic nitrogens is 4. The number of fused-ring (bicyclic) bond motifs is 1. The molecule has 0 saturated heterocycles. The zero-order valence-corrected chi connectivity index (χ0v) is 16.3. The molecular weight excluding hydrogens is 388 g/mol. The highest BCUT2D eigenvalue weighted by atomic mass is 16.1. The topological polar surface area (TPSA) is 88.5 Å². The molecule has 5 aromatic rings. The minimum atomic E-state index is -0.335. The van der Waals surface area contributed by atoms with Crippen molar-refractivity contribution in [1.82, 2.24) is 19.3 Å². The molecule has 0 aliphatic rings. The third-order valence-electron chi connectivity index (χ3n) is 4.95. The minimum Gasteiger partial charge on any atom is -0.324 e. The number of benzene rings is 2. The number of nitriles is 1.